The van der Waals surface area contributed by atoms with E-state index in [1.165, 1.54) is 12.7 Å². The summed E-state index contributed by atoms with van der Waals surface area (Å²) >= 11 is 0. The maximum atomic E-state index is 12.0. The Balaban J connectivity index is 2.90. The van der Waals surface area contributed by atoms with Gasteiger partial charge in [0.1, 0.15) is 6.04 Å². The minimum atomic E-state index is -0.398. The molecule has 1 aromatic carbocycles. The van der Waals surface area contributed by atoms with Crippen molar-refractivity contribution in [2.45, 2.75) is 19.9 Å². The van der Waals surface area contributed by atoms with Gasteiger partial charge in [-0.15, -0.1) is 0 Å². The smallest absolute Gasteiger partial charge is 0.327 e. The monoisotopic (exact) mass is 264 g/mol. The first-order valence-corrected chi connectivity index (χ1v) is 6.49. The Morgan fingerprint density at radius 2 is 2.05 bits per heavy atom. The lowest BCUT2D eigenvalue weighted by molar-refractivity contribution is -0.143. The summed E-state index contributed by atoms with van der Waals surface area (Å²) in [6.07, 6.45) is 0. The van der Waals surface area contributed by atoms with Crippen molar-refractivity contribution >= 4 is 5.97 Å². The summed E-state index contributed by atoms with van der Waals surface area (Å²) in [7, 11) is 5.44. The van der Waals surface area contributed by atoms with Gasteiger partial charge in [0.25, 0.3) is 0 Å². The number of ether oxygens (including phenoxy) is 1. The number of rotatable bonds is 6. The SMILES string of the molecule is COC(=O)C(NCCN(C)C)c1cccc(C)c1C. The zero-order valence-corrected chi connectivity index (χ0v) is 12.5. The van der Waals surface area contributed by atoms with E-state index >= 15 is 0 Å². The molecule has 1 N–H and O–H groups in total. The maximum Gasteiger partial charge on any atom is 0.327 e. The Hall–Kier alpha value is -1.39. The first-order valence-electron chi connectivity index (χ1n) is 6.49. The average molecular weight is 264 g/mol. The van der Waals surface area contributed by atoms with Gasteiger partial charge in [-0.1, -0.05) is 18.2 Å². The molecule has 106 valence electrons. The second-order valence-electron chi connectivity index (χ2n) is 5.00. The quantitative estimate of drug-likeness (QED) is 0.794. The number of carbonyl (C=O) groups is 1. The molecule has 0 heterocycles. The first kappa shape index (κ1) is 15.7. The number of hydrogen-bond donors (Lipinski definition) is 1. The van der Waals surface area contributed by atoms with E-state index in [4.69, 9.17) is 4.74 Å². The summed E-state index contributed by atoms with van der Waals surface area (Å²) in [5.74, 6) is -0.243. The Morgan fingerprint density at radius 1 is 1.37 bits per heavy atom. The number of methoxy groups -OCH3 is 1. The second-order valence-corrected chi connectivity index (χ2v) is 5.00. The van der Waals surface area contributed by atoms with Crippen LogP contribution in [0.1, 0.15) is 22.7 Å². The van der Waals surface area contributed by atoms with Crippen LogP contribution < -0.4 is 5.32 Å². The van der Waals surface area contributed by atoms with E-state index in [1.54, 1.807) is 0 Å². The highest BCUT2D eigenvalue weighted by Crippen LogP contribution is 2.21. The number of nitrogens with one attached hydrogen (secondary N) is 1. The molecule has 19 heavy (non-hydrogen) atoms. The van der Waals surface area contributed by atoms with E-state index in [-0.39, 0.29) is 5.97 Å². The molecule has 0 aliphatic heterocycles. The summed E-state index contributed by atoms with van der Waals surface area (Å²) in [6.45, 7) is 5.69. The molecule has 4 nitrogen and oxygen atoms in total. The summed E-state index contributed by atoms with van der Waals surface area (Å²) in [6, 6.07) is 5.60. The van der Waals surface area contributed by atoms with E-state index in [0.717, 1.165) is 24.2 Å². The molecule has 1 aromatic rings. The molecule has 0 aromatic heterocycles. The molecular weight excluding hydrogens is 240 g/mol. The van der Waals surface area contributed by atoms with Crippen LogP contribution >= 0.6 is 0 Å². The molecule has 0 amide bonds. The largest absolute Gasteiger partial charge is 0.468 e. The number of aryl methyl sites for hydroxylation is 1. The van der Waals surface area contributed by atoms with E-state index in [9.17, 15) is 4.79 Å². The van der Waals surface area contributed by atoms with E-state index in [1.807, 2.05) is 46.1 Å². The topological polar surface area (TPSA) is 41.6 Å². The van der Waals surface area contributed by atoms with Gasteiger partial charge in [-0.05, 0) is 44.6 Å². The summed E-state index contributed by atoms with van der Waals surface area (Å²) in [4.78, 5) is 14.0. The average Bonchev–Trinajstić information content (AvgIpc) is 2.37. The molecule has 0 saturated carbocycles. The fourth-order valence-corrected chi connectivity index (χ4v) is 1.96. The third-order valence-corrected chi connectivity index (χ3v) is 3.30. The van der Waals surface area contributed by atoms with Crippen LogP contribution in [0.3, 0.4) is 0 Å². The molecule has 0 fully saturated rings. The van der Waals surface area contributed by atoms with Gasteiger partial charge in [0.15, 0.2) is 0 Å². The fourth-order valence-electron chi connectivity index (χ4n) is 1.96. The normalized spacial score (nSPS) is 12.5. The van der Waals surface area contributed by atoms with Crippen LogP contribution in [-0.2, 0) is 9.53 Å². The van der Waals surface area contributed by atoms with Gasteiger partial charge >= 0.3 is 5.97 Å². The highest BCUT2D eigenvalue weighted by Gasteiger charge is 2.22. The highest BCUT2D eigenvalue weighted by molar-refractivity contribution is 5.78. The third-order valence-electron chi connectivity index (χ3n) is 3.30. The van der Waals surface area contributed by atoms with Gasteiger partial charge in [0.2, 0.25) is 0 Å². The molecule has 0 radical (unpaired) electrons. The molecule has 4 heteroatoms. The third kappa shape index (κ3) is 4.33. The summed E-state index contributed by atoms with van der Waals surface area (Å²) in [5.41, 5.74) is 3.31. The van der Waals surface area contributed by atoms with Crippen molar-refractivity contribution in [3.8, 4) is 0 Å². The number of likely N-dealkylation sites (N-methyl/N-ethyl adjacent to an activating group) is 1. The van der Waals surface area contributed by atoms with Crippen LogP contribution in [0.5, 0.6) is 0 Å². The van der Waals surface area contributed by atoms with Crippen molar-refractivity contribution in [1.29, 1.82) is 0 Å². The van der Waals surface area contributed by atoms with Crippen molar-refractivity contribution in [3.63, 3.8) is 0 Å². The van der Waals surface area contributed by atoms with Gasteiger partial charge in [0, 0.05) is 13.1 Å². The standard InChI is InChI=1S/C15H24N2O2/c1-11-7-6-8-13(12(11)2)14(15(18)19-5)16-9-10-17(3)4/h6-8,14,16H,9-10H2,1-5H3. The molecule has 0 aliphatic rings. The Labute approximate surface area is 115 Å². The Bertz CT molecular complexity index is 430. The van der Waals surface area contributed by atoms with Crippen molar-refractivity contribution in [2.75, 3.05) is 34.3 Å². The predicted molar refractivity (Wildman–Crippen MR) is 77.2 cm³/mol. The summed E-state index contributed by atoms with van der Waals surface area (Å²) < 4.78 is 4.90. The van der Waals surface area contributed by atoms with Crippen LogP contribution in [0.2, 0.25) is 0 Å². The minimum Gasteiger partial charge on any atom is -0.468 e. The van der Waals surface area contributed by atoms with Crippen molar-refractivity contribution in [3.05, 3.63) is 34.9 Å². The highest BCUT2D eigenvalue weighted by atomic mass is 16.5. The van der Waals surface area contributed by atoms with Crippen LogP contribution in [0, 0.1) is 13.8 Å². The molecule has 1 rings (SSSR count). The Kier molecular flexibility index (Phi) is 5.99. The van der Waals surface area contributed by atoms with Gasteiger partial charge in [-0.25, -0.2) is 4.79 Å². The van der Waals surface area contributed by atoms with Crippen molar-refractivity contribution < 1.29 is 9.53 Å². The molecule has 0 bridgehead atoms. The van der Waals surface area contributed by atoms with E-state index in [0.29, 0.717) is 0 Å². The molecule has 1 atom stereocenters. The first-order chi connectivity index (χ1) is 8.97. The lowest BCUT2D eigenvalue weighted by atomic mass is 9.97. The zero-order valence-electron chi connectivity index (χ0n) is 12.5. The van der Waals surface area contributed by atoms with Crippen LogP contribution in [0.4, 0.5) is 0 Å². The fraction of sp³-hybridized carbons (Fsp3) is 0.533. The van der Waals surface area contributed by atoms with Crippen LogP contribution in [0.25, 0.3) is 0 Å². The number of esters is 1. The van der Waals surface area contributed by atoms with Gasteiger partial charge in [-0.2, -0.15) is 0 Å². The molecular formula is C15H24N2O2. The zero-order chi connectivity index (χ0) is 14.4. The number of nitrogens with zero attached hydrogens (tertiary/aromatic N) is 1. The second kappa shape index (κ2) is 7.26. The Morgan fingerprint density at radius 3 is 2.63 bits per heavy atom. The predicted octanol–water partition coefficient (Wildman–Crippen LogP) is 1.67. The lowest BCUT2D eigenvalue weighted by Crippen LogP contribution is -2.35. The lowest BCUT2D eigenvalue weighted by Gasteiger charge is -2.21. The van der Waals surface area contributed by atoms with Crippen molar-refractivity contribution in [1.82, 2.24) is 10.2 Å². The van der Waals surface area contributed by atoms with Crippen molar-refractivity contribution in [2.24, 2.45) is 0 Å². The molecule has 0 saturated heterocycles. The van der Waals surface area contributed by atoms with E-state index in [2.05, 4.69) is 10.2 Å². The van der Waals surface area contributed by atoms with Crippen LogP contribution in [0.15, 0.2) is 18.2 Å². The molecule has 1 unspecified atom stereocenters. The van der Waals surface area contributed by atoms with Gasteiger partial charge in [-0.3, -0.25) is 5.32 Å². The molecule has 0 spiro atoms. The van der Waals surface area contributed by atoms with E-state index < -0.39 is 6.04 Å². The number of benzene rings is 1. The summed E-state index contributed by atoms with van der Waals surface area (Å²) in [5, 5.41) is 3.27. The number of carbonyl (C=O) groups excluding carboxylic acids is 1. The maximum absolute atomic E-state index is 12.0. The minimum absolute atomic E-state index is 0.243. The van der Waals surface area contributed by atoms with Gasteiger partial charge in [0.05, 0.1) is 7.11 Å². The number of hydrogen-bond acceptors (Lipinski definition) is 4. The van der Waals surface area contributed by atoms with Gasteiger partial charge < -0.3 is 9.64 Å². The molecule has 0 aliphatic carbocycles. The van der Waals surface area contributed by atoms with Crippen LogP contribution in [-0.4, -0.2) is 45.2 Å².